The summed E-state index contributed by atoms with van der Waals surface area (Å²) in [7, 11) is 0. The summed E-state index contributed by atoms with van der Waals surface area (Å²) >= 11 is 5.56. The Morgan fingerprint density at radius 1 is 1.16 bits per heavy atom. The van der Waals surface area contributed by atoms with Crippen LogP contribution in [0, 0.1) is 6.92 Å². The maximum absolute atomic E-state index is 12.8. The fraction of sp³-hybridized carbons (Fsp3) is 0.278. The number of halogens is 4. The third-order valence-electron chi connectivity index (χ3n) is 3.53. The van der Waals surface area contributed by atoms with Crippen LogP contribution in [-0.4, -0.2) is 12.5 Å². The minimum absolute atomic E-state index is 0.149. The van der Waals surface area contributed by atoms with Gasteiger partial charge in [0.05, 0.1) is 10.6 Å². The van der Waals surface area contributed by atoms with Gasteiger partial charge >= 0.3 is 6.18 Å². The first kappa shape index (κ1) is 19.1. The first-order valence-electron chi connectivity index (χ1n) is 7.68. The van der Waals surface area contributed by atoms with Crippen molar-refractivity contribution in [1.82, 2.24) is 5.32 Å². The van der Waals surface area contributed by atoms with Gasteiger partial charge in [-0.3, -0.25) is 4.79 Å². The highest BCUT2D eigenvalue weighted by Crippen LogP contribution is 2.36. The van der Waals surface area contributed by atoms with Crippen molar-refractivity contribution in [2.24, 2.45) is 0 Å². The quantitative estimate of drug-likeness (QED) is 0.768. The minimum atomic E-state index is -4.51. The first-order valence-corrected chi connectivity index (χ1v) is 8.06. The Balaban J connectivity index is 1.81. The van der Waals surface area contributed by atoms with E-state index in [0.29, 0.717) is 6.54 Å². The molecule has 0 spiro atoms. The summed E-state index contributed by atoms with van der Waals surface area (Å²) in [5.41, 5.74) is 1.47. The van der Waals surface area contributed by atoms with Gasteiger partial charge in [-0.15, -0.1) is 0 Å². The highest BCUT2D eigenvalue weighted by atomic mass is 35.5. The molecule has 2 N–H and O–H groups in total. The van der Waals surface area contributed by atoms with Crippen LogP contribution < -0.4 is 10.6 Å². The number of alkyl halides is 3. The van der Waals surface area contributed by atoms with Crippen molar-refractivity contribution in [3.8, 4) is 0 Å². The van der Waals surface area contributed by atoms with Crippen molar-refractivity contribution in [2.45, 2.75) is 26.1 Å². The Bertz CT molecular complexity index is 747. The number of carbonyl (C=O) groups is 1. The van der Waals surface area contributed by atoms with Gasteiger partial charge in [0.15, 0.2) is 0 Å². The number of benzene rings is 2. The number of carbonyl (C=O) groups excluding carboxylic acids is 1. The van der Waals surface area contributed by atoms with Gasteiger partial charge in [-0.25, -0.2) is 0 Å². The van der Waals surface area contributed by atoms with Gasteiger partial charge in [-0.05, 0) is 30.7 Å². The number of rotatable bonds is 6. The molecule has 25 heavy (non-hydrogen) atoms. The standard InChI is InChI=1S/C18H18ClF3N2O/c1-12-3-2-4-13(9-12)11-24-17(25)7-8-23-14-5-6-16(19)15(10-14)18(20,21)22/h2-6,9-10,23H,7-8,11H2,1H3,(H,24,25). The van der Waals surface area contributed by atoms with Crippen LogP contribution in [0.1, 0.15) is 23.1 Å². The molecule has 0 fully saturated rings. The Kier molecular flexibility index (Phi) is 6.31. The average molecular weight is 371 g/mol. The molecule has 2 aromatic rings. The van der Waals surface area contributed by atoms with E-state index in [9.17, 15) is 18.0 Å². The number of aryl methyl sites for hydroxylation is 1. The van der Waals surface area contributed by atoms with Crippen LogP contribution in [0.15, 0.2) is 42.5 Å². The molecule has 0 aliphatic carbocycles. The number of anilines is 1. The summed E-state index contributed by atoms with van der Waals surface area (Å²) < 4.78 is 38.4. The van der Waals surface area contributed by atoms with Crippen molar-refractivity contribution in [3.63, 3.8) is 0 Å². The molecular formula is C18H18ClF3N2O. The summed E-state index contributed by atoms with van der Waals surface area (Å²) in [6, 6.07) is 11.3. The van der Waals surface area contributed by atoms with Crippen molar-refractivity contribution >= 4 is 23.2 Å². The van der Waals surface area contributed by atoms with Crippen LogP contribution in [0.2, 0.25) is 5.02 Å². The monoisotopic (exact) mass is 370 g/mol. The van der Waals surface area contributed by atoms with E-state index >= 15 is 0 Å². The van der Waals surface area contributed by atoms with Crippen LogP contribution in [0.3, 0.4) is 0 Å². The molecule has 0 bridgehead atoms. The van der Waals surface area contributed by atoms with Crippen LogP contribution in [-0.2, 0) is 17.5 Å². The van der Waals surface area contributed by atoms with E-state index in [2.05, 4.69) is 10.6 Å². The van der Waals surface area contributed by atoms with E-state index in [4.69, 9.17) is 11.6 Å². The normalized spacial score (nSPS) is 11.2. The lowest BCUT2D eigenvalue weighted by Crippen LogP contribution is -2.24. The topological polar surface area (TPSA) is 41.1 Å². The molecule has 3 nitrogen and oxygen atoms in total. The van der Waals surface area contributed by atoms with Crippen LogP contribution in [0.4, 0.5) is 18.9 Å². The van der Waals surface area contributed by atoms with Gasteiger partial charge in [-0.2, -0.15) is 13.2 Å². The minimum Gasteiger partial charge on any atom is -0.385 e. The highest BCUT2D eigenvalue weighted by molar-refractivity contribution is 6.31. The molecule has 2 aromatic carbocycles. The molecule has 0 heterocycles. The molecule has 0 aliphatic rings. The van der Waals surface area contributed by atoms with Gasteiger partial charge < -0.3 is 10.6 Å². The smallest absolute Gasteiger partial charge is 0.385 e. The van der Waals surface area contributed by atoms with E-state index in [1.54, 1.807) is 0 Å². The Hall–Kier alpha value is -2.21. The molecule has 2 rings (SSSR count). The number of nitrogens with one attached hydrogen (secondary N) is 2. The van der Waals surface area contributed by atoms with E-state index in [1.165, 1.54) is 12.1 Å². The second-order valence-electron chi connectivity index (χ2n) is 5.63. The van der Waals surface area contributed by atoms with Crippen molar-refractivity contribution in [1.29, 1.82) is 0 Å². The lowest BCUT2D eigenvalue weighted by atomic mass is 10.1. The van der Waals surface area contributed by atoms with E-state index in [0.717, 1.165) is 17.2 Å². The van der Waals surface area contributed by atoms with Crippen molar-refractivity contribution in [3.05, 3.63) is 64.2 Å². The average Bonchev–Trinajstić information content (AvgIpc) is 2.53. The molecule has 7 heteroatoms. The van der Waals surface area contributed by atoms with Crippen molar-refractivity contribution in [2.75, 3.05) is 11.9 Å². The molecule has 0 radical (unpaired) electrons. The van der Waals surface area contributed by atoms with Gasteiger partial charge in [0.2, 0.25) is 5.91 Å². The Labute approximate surface area is 149 Å². The molecule has 0 saturated heterocycles. The fourth-order valence-corrected chi connectivity index (χ4v) is 2.51. The zero-order valence-electron chi connectivity index (χ0n) is 13.6. The second-order valence-corrected chi connectivity index (χ2v) is 6.04. The lowest BCUT2D eigenvalue weighted by molar-refractivity contribution is -0.137. The molecule has 0 atom stereocenters. The zero-order chi connectivity index (χ0) is 18.4. The van der Waals surface area contributed by atoms with E-state index in [-0.39, 0.29) is 29.6 Å². The Morgan fingerprint density at radius 2 is 1.92 bits per heavy atom. The van der Waals surface area contributed by atoms with Crippen LogP contribution in [0.25, 0.3) is 0 Å². The van der Waals surface area contributed by atoms with Gasteiger partial charge in [0.25, 0.3) is 0 Å². The molecule has 1 amide bonds. The predicted octanol–water partition coefficient (Wildman–Crippen LogP) is 4.79. The van der Waals surface area contributed by atoms with Gasteiger partial charge in [0, 0.05) is 25.2 Å². The molecule has 0 unspecified atom stereocenters. The summed E-state index contributed by atoms with van der Waals surface area (Å²) in [4.78, 5) is 11.8. The summed E-state index contributed by atoms with van der Waals surface area (Å²) in [5.74, 6) is -0.181. The third-order valence-corrected chi connectivity index (χ3v) is 3.85. The molecular weight excluding hydrogens is 353 g/mol. The maximum Gasteiger partial charge on any atom is 0.417 e. The largest absolute Gasteiger partial charge is 0.417 e. The predicted molar refractivity (Wildman–Crippen MR) is 92.6 cm³/mol. The molecule has 0 aliphatic heterocycles. The van der Waals surface area contributed by atoms with E-state index < -0.39 is 11.7 Å². The number of amides is 1. The summed E-state index contributed by atoms with van der Waals surface area (Å²) in [6.45, 7) is 2.61. The van der Waals surface area contributed by atoms with Crippen LogP contribution >= 0.6 is 11.6 Å². The van der Waals surface area contributed by atoms with Gasteiger partial charge in [0.1, 0.15) is 0 Å². The second kappa shape index (κ2) is 8.25. The third kappa shape index (κ3) is 5.98. The maximum atomic E-state index is 12.8. The van der Waals surface area contributed by atoms with Crippen LogP contribution in [0.5, 0.6) is 0 Å². The lowest BCUT2D eigenvalue weighted by Gasteiger charge is -2.12. The fourth-order valence-electron chi connectivity index (χ4n) is 2.28. The first-order chi connectivity index (χ1) is 11.8. The summed E-state index contributed by atoms with van der Waals surface area (Å²) in [5, 5.41) is 5.23. The van der Waals surface area contributed by atoms with E-state index in [1.807, 2.05) is 31.2 Å². The zero-order valence-corrected chi connectivity index (χ0v) is 14.3. The molecule has 0 aromatic heterocycles. The number of hydrogen-bond donors (Lipinski definition) is 2. The Morgan fingerprint density at radius 3 is 2.60 bits per heavy atom. The van der Waals surface area contributed by atoms with Gasteiger partial charge in [-0.1, -0.05) is 41.4 Å². The van der Waals surface area contributed by atoms with Crippen molar-refractivity contribution < 1.29 is 18.0 Å². The highest BCUT2D eigenvalue weighted by Gasteiger charge is 2.33. The summed E-state index contributed by atoms with van der Waals surface area (Å²) in [6.07, 6.45) is -4.37. The number of hydrogen-bond acceptors (Lipinski definition) is 2. The SMILES string of the molecule is Cc1cccc(CNC(=O)CCNc2ccc(Cl)c(C(F)(F)F)c2)c1. The molecule has 0 saturated carbocycles. The molecule has 134 valence electrons.